The van der Waals surface area contributed by atoms with Crippen molar-refractivity contribution in [3.8, 4) is 5.75 Å². The molecule has 0 saturated heterocycles. The van der Waals surface area contributed by atoms with E-state index in [1.165, 1.54) is 13.2 Å². The lowest BCUT2D eigenvalue weighted by Crippen LogP contribution is -2.30. The minimum absolute atomic E-state index is 0.0607. The molecule has 100 valence electrons. The van der Waals surface area contributed by atoms with E-state index in [1.807, 2.05) is 6.92 Å². The van der Waals surface area contributed by atoms with Gasteiger partial charge in [-0.15, -0.1) is 0 Å². The van der Waals surface area contributed by atoms with Gasteiger partial charge in [0.2, 0.25) is 5.91 Å². The van der Waals surface area contributed by atoms with Crippen molar-refractivity contribution in [3.63, 3.8) is 0 Å². The zero-order valence-corrected chi connectivity index (χ0v) is 12.2. The standard InChI is InChI=1S/C13H17BrFNO2/c1-3-16(13(17)6-7-14)9-10-4-5-12(18-2)11(15)8-10/h4-5,8H,3,6-7,9H2,1-2H3. The molecule has 0 saturated carbocycles. The summed E-state index contributed by atoms with van der Waals surface area (Å²) in [5, 5.41) is 0.638. The molecule has 0 bridgehead atoms. The van der Waals surface area contributed by atoms with E-state index in [-0.39, 0.29) is 11.7 Å². The van der Waals surface area contributed by atoms with Crippen molar-refractivity contribution >= 4 is 21.8 Å². The molecule has 0 fully saturated rings. The molecule has 0 radical (unpaired) electrons. The molecular weight excluding hydrogens is 301 g/mol. The Morgan fingerprint density at radius 1 is 1.50 bits per heavy atom. The smallest absolute Gasteiger partial charge is 0.223 e. The summed E-state index contributed by atoms with van der Waals surface area (Å²) in [4.78, 5) is 13.5. The fourth-order valence-corrected chi connectivity index (χ4v) is 1.98. The third-order valence-electron chi connectivity index (χ3n) is 2.63. The zero-order chi connectivity index (χ0) is 13.5. The first-order valence-corrected chi connectivity index (χ1v) is 6.90. The van der Waals surface area contributed by atoms with Gasteiger partial charge in [-0.1, -0.05) is 22.0 Å². The maximum absolute atomic E-state index is 13.5. The van der Waals surface area contributed by atoms with Gasteiger partial charge in [0.1, 0.15) is 0 Å². The molecular formula is C13H17BrFNO2. The molecule has 18 heavy (non-hydrogen) atoms. The average Bonchev–Trinajstić information content (AvgIpc) is 2.36. The number of hydrogen-bond acceptors (Lipinski definition) is 2. The molecule has 1 rings (SSSR count). The van der Waals surface area contributed by atoms with Crippen molar-refractivity contribution in [1.29, 1.82) is 0 Å². The lowest BCUT2D eigenvalue weighted by Gasteiger charge is -2.20. The van der Waals surface area contributed by atoms with E-state index in [4.69, 9.17) is 4.74 Å². The first-order valence-electron chi connectivity index (χ1n) is 5.78. The summed E-state index contributed by atoms with van der Waals surface area (Å²) in [6.45, 7) is 2.94. The molecule has 0 N–H and O–H groups in total. The van der Waals surface area contributed by atoms with Gasteiger partial charge in [-0.3, -0.25) is 4.79 Å². The summed E-state index contributed by atoms with van der Waals surface area (Å²) in [6, 6.07) is 4.75. The number of carbonyl (C=O) groups is 1. The first kappa shape index (κ1) is 15.0. The highest BCUT2D eigenvalue weighted by Crippen LogP contribution is 2.18. The average molecular weight is 318 g/mol. The summed E-state index contributed by atoms with van der Waals surface area (Å²) in [7, 11) is 1.43. The van der Waals surface area contributed by atoms with Crippen LogP contribution in [0.15, 0.2) is 18.2 Å². The number of nitrogens with zero attached hydrogens (tertiary/aromatic N) is 1. The molecule has 1 aromatic rings. The first-order chi connectivity index (χ1) is 8.62. The SMILES string of the molecule is CCN(Cc1ccc(OC)c(F)c1)C(=O)CCBr. The Morgan fingerprint density at radius 2 is 2.22 bits per heavy atom. The highest BCUT2D eigenvalue weighted by atomic mass is 79.9. The predicted octanol–water partition coefficient (Wildman–Crippen LogP) is 2.97. The van der Waals surface area contributed by atoms with E-state index in [0.29, 0.717) is 24.8 Å². The van der Waals surface area contributed by atoms with Crippen LogP contribution in [0.3, 0.4) is 0 Å². The second-order valence-corrected chi connectivity index (χ2v) is 4.61. The van der Waals surface area contributed by atoms with Crippen LogP contribution in [0, 0.1) is 5.82 Å². The fourth-order valence-electron chi connectivity index (χ4n) is 1.64. The molecule has 5 heteroatoms. The van der Waals surface area contributed by atoms with Gasteiger partial charge >= 0.3 is 0 Å². The zero-order valence-electron chi connectivity index (χ0n) is 10.6. The van der Waals surface area contributed by atoms with Gasteiger partial charge in [0, 0.05) is 24.8 Å². The number of halogens is 2. The predicted molar refractivity (Wildman–Crippen MR) is 72.5 cm³/mol. The van der Waals surface area contributed by atoms with Crippen LogP contribution in [0.1, 0.15) is 18.9 Å². The molecule has 0 spiro atoms. The van der Waals surface area contributed by atoms with Gasteiger partial charge in [0.05, 0.1) is 7.11 Å². The summed E-state index contributed by atoms with van der Waals surface area (Å²) < 4.78 is 18.4. The number of rotatable bonds is 6. The third kappa shape index (κ3) is 3.98. The Labute approximate surface area is 115 Å². The molecule has 0 aromatic heterocycles. The normalized spacial score (nSPS) is 10.2. The maximum Gasteiger partial charge on any atom is 0.223 e. The van der Waals surface area contributed by atoms with Crippen LogP contribution in [-0.2, 0) is 11.3 Å². The van der Waals surface area contributed by atoms with Crippen molar-refractivity contribution in [2.75, 3.05) is 19.0 Å². The summed E-state index contributed by atoms with van der Waals surface area (Å²) >= 11 is 3.24. The Bertz CT molecular complexity index is 412. The third-order valence-corrected chi connectivity index (χ3v) is 3.03. The number of benzene rings is 1. The van der Waals surface area contributed by atoms with E-state index in [2.05, 4.69) is 15.9 Å². The Kier molecular flexibility index (Phi) is 6.12. The van der Waals surface area contributed by atoms with E-state index in [0.717, 1.165) is 5.56 Å². The summed E-state index contributed by atoms with van der Waals surface area (Å²) in [5.74, 6) is -0.127. The minimum Gasteiger partial charge on any atom is -0.494 e. The van der Waals surface area contributed by atoms with Crippen molar-refractivity contribution in [1.82, 2.24) is 4.90 Å². The molecule has 0 atom stereocenters. The summed E-state index contributed by atoms with van der Waals surface area (Å²) in [5.41, 5.74) is 0.762. The quantitative estimate of drug-likeness (QED) is 0.755. The maximum atomic E-state index is 13.5. The van der Waals surface area contributed by atoms with Crippen molar-refractivity contribution in [2.24, 2.45) is 0 Å². The second kappa shape index (κ2) is 7.36. The van der Waals surface area contributed by atoms with Gasteiger partial charge < -0.3 is 9.64 Å². The second-order valence-electron chi connectivity index (χ2n) is 3.82. The number of carbonyl (C=O) groups excluding carboxylic acids is 1. The molecule has 0 aliphatic heterocycles. The number of ether oxygens (including phenoxy) is 1. The van der Waals surface area contributed by atoms with E-state index < -0.39 is 5.82 Å². The van der Waals surface area contributed by atoms with Crippen LogP contribution in [0.2, 0.25) is 0 Å². The number of hydrogen-bond donors (Lipinski definition) is 0. The highest BCUT2D eigenvalue weighted by molar-refractivity contribution is 9.09. The highest BCUT2D eigenvalue weighted by Gasteiger charge is 2.12. The molecule has 3 nitrogen and oxygen atoms in total. The van der Waals surface area contributed by atoms with E-state index in [9.17, 15) is 9.18 Å². The van der Waals surface area contributed by atoms with Crippen LogP contribution in [-0.4, -0.2) is 29.8 Å². The number of amides is 1. The molecule has 1 aromatic carbocycles. The van der Waals surface area contributed by atoms with Crippen molar-refractivity contribution < 1.29 is 13.9 Å². The lowest BCUT2D eigenvalue weighted by molar-refractivity contribution is -0.131. The largest absolute Gasteiger partial charge is 0.494 e. The van der Waals surface area contributed by atoms with Crippen LogP contribution in [0.25, 0.3) is 0 Å². The molecule has 1 amide bonds. The lowest BCUT2D eigenvalue weighted by atomic mass is 10.2. The molecule has 0 unspecified atom stereocenters. The van der Waals surface area contributed by atoms with E-state index >= 15 is 0 Å². The van der Waals surface area contributed by atoms with Gasteiger partial charge in [-0.25, -0.2) is 4.39 Å². The topological polar surface area (TPSA) is 29.5 Å². The van der Waals surface area contributed by atoms with E-state index in [1.54, 1.807) is 17.0 Å². The van der Waals surface area contributed by atoms with Crippen LogP contribution < -0.4 is 4.74 Å². The number of alkyl halides is 1. The fraction of sp³-hybridized carbons (Fsp3) is 0.462. The Balaban J connectivity index is 2.76. The minimum atomic E-state index is -0.404. The van der Waals surface area contributed by atoms with Gasteiger partial charge in [0.25, 0.3) is 0 Å². The van der Waals surface area contributed by atoms with Gasteiger partial charge in [0.15, 0.2) is 11.6 Å². The molecule has 0 aliphatic rings. The molecule has 0 aliphatic carbocycles. The van der Waals surface area contributed by atoms with Gasteiger partial charge in [-0.2, -0.15) is 0 Å². The monoisotopic (exact) mass is 317 g/mol. The Hall–Kier alpha value is -1.10. The summed E-state index contributed by atoms with van der Waals surface area (Å²) in [6.07, 6.45) is 0.451. The Morgan fingerprint density at radius 3 is 2.72 bits per heavy atom. The van der Waals surface area contributed by atoms with Crippen LogP contribution in [0.5, 0.6) is 5.75 Å². The van der Waals surface area contributed by atoms with Crippen LogP contribution in [0.4, 0.5) is 4.39 Å². The molecule has 0 heterocycles. The van der Waals surface area contributed by atoms with Gasteiger partial charge in [-0.05, 0) is 24.6 Å². The van der Waals surface area contributed by atoms with Crippen LogP contribution >= 0.6 is 15.9 Å². The van der Waals surface area contributed by atoms with Crippen molar-refractivity contribution in [2.45, 2.75) is 19.9 Å². The number of methoxy groups -OCH3 is 1. The van der Waals surface area contributed by atoms with Crippen molar-refractivity contribution in [3.05, 3.63) is 29.6 Å².